The van der Waals surface area contributed by atoms with Crippen LogP contribution in [-0.4, -0.2) is 24.1 Å². The van der Waals surface area contributed by atoms with Crippen LogP contribution in [0.3, 0.4) is 0 Å². The summed E-state index contributed by atoms with van der Waals surface area (Å²) in [5.74, 6) is 3.03. The minimum absolute atomic E-state index is 0.552. The first-order chi connectivity index (χ1) is 6.76. The van der Waals surface area contributed by atoms with Crippen LogP contribution < -0.4 is 10.1 Å². The van der Waals surface area contributed by atoms with Gasteiger partial charge < -0.3 is 10.1 Å². The zero-order valence-electron chi connectivity index (χ0n) is 8.79. The monoisotopic (exact) mass is 193 g/mol. The molecule has 4 heteroatoms. The van der Waals surface area contributed by atoms with Crippen LogP contribution >= 0.6 is 0 Å². The van der Waals surface area contributed by atoms with E-state index in [1.165, 1.54) is 12.8 Å². The Kier molecular flexibility index (Phi) is 2.27. The van der Waals surface area contributed by atoms with Gasteiger partial charge in [-0.25, -0.2) is 4.98 Å². The van der Waals surface area contributed by atoms with E-state index in [4.69, 9.17) is 4.74 Å². The summed E-state index contributed by atoms with van der Waals surface area (Å²) < 4.78 is 5.21. The molecule has 0 aromatic carbocycles. The fourth-order valence-corrected chi connectivity index (χ4v) is 1.48. The Morgan fingerprint density at radius 3 is 2.57 bits per heavy atom. The number of nitrogens with zero attached hydrogens (tertiary/aromatic N) is 2. The van der Waals surface area contributed by atoms with Gasteiger partial charge in [0, 0.05) is 13.0 Å². The van der Waals surface area contributed by atoms with Crippen molar-refractivity contribution in [3.63, 3.8) is 0 Å². The molecule has 0 saturated heterocycles. The summed E-state index contributed by atoms with van der Waals surface area (Å²) in [5, 5.41) is 3.06. The van der Waals surface area contributed by atoms with Crippen molar-refractivity contribution in [3.8, 4) is 5.88 Å². The lowest BCUT2D eigenvalue weighted by atomic mass is 10.3. The number of nitrogens with one attached hydrogen (secondary N) is 1. The Hall–Kier alpha value is -1.32. The van der Waals surface area contributed by atoms with Crippen LogP contribution in [0.4, 0.5) is 5.82 Å². The van der Waals surface area contributed by atoms with Gasteiger partial charge in [0.15, 0.2) is 0 Å². The van der Waals surface area contributed by atoms with Crippen molar-refractivity contribution >= 4 is 5.82 Å². The van der Waals surface area contributed by atoms with E-state index in [9.17, 15) is 0 Å². The first kappa shape index (κ1) is 9.24. The van der Waals surface area contributed by atoms with E-state index in [0.29, 0.717) is 11.8 Å². The van der Waals surface area contributed by atoms with Crippen molar-refractivity contribution < 1.29 is 4.74 Å². The maximum Gasteiger partial charge on any atom is 0.221 e. The SMILES string of the molecule is CNc1nc(C2CC2)nc(OC)c1C. The first-order valence-electron chi connectivity index (χ1n) is 4.86. The third-order valence-corrected chi connectivity index (χ3v) is 2.49. The van der Waals surface area contributed by atoms with Crippen molar-refractivity contribution in [2.75, 3.05) is 19.5 Å². The first-order valence-corrected chi connectivity index (χ1v) is 4.86. The molecule has 1 heterocycles. The predicted molar refractivity (Wildman–Crippen MR) is 54.8 cm³/mol. The molecule has 1 aliphatic carbocycles. The van der Waals surface area contributed by atoms with Gasteiger partial charge in [0.05, 0.1) is 12.7 Å². The predicted octanol–water partition coefficient (Wildman–Crippen LogP) is 1.71. The molecule has 1 aliphatic rings. The van der Waals surface area contributed by atoms with Crippen molar-refractivity contribution in [1.29, 1.82) is 0 Å². The zero-order valence-corrected chi connectivity index (χ0v) is 8.79. The smallest absolute Gasteiger partial charge is 0.221 e. The molecular weight excluding hydrogens is 178 g/mol. The van der Waals surface area contributed by atoms with E-state index < -0.39 is 0 Å². The topological polar surface area (TPSA) is 47.0 Å². The normalized spacial score (nSPS) is 15.4. The molecule has 1 N–H and O–H groups in total. The number of methoxy groups -OCH3 is 1. The van der Waals surface area contributed by atoms with Gasteiger partial charge in [-0.2, -0.15) is 4.98 Å². The second-order valence-corrected chi connectivity index (χ2v) is 3.59. The van der Waals surface area contributed by atoms with Gasteiger partial charge >= 0.3 is 0 Å². The molecule has 0 amide bonds. The summed E-state index contributed by atoms with van der Waals surface area (Å²) in [6.07, 6.45) is 2.41. The highest BCUT2D eigenvalue weighted by Crippen LogP contribution is 2.39. The van der Waals surface area contributed by atoms with Crippen LogP contribution in [0.5, 0.6) is 5.88 Å². The Balaban J connectivity index is 2.43. The highest BCUT2D eigenvalue weighted by Gasteiger charge is 2.28. The van der Waals surface area contributed by atoms with Gasteiger partial charge in [-0.15, -0.1) is 0 Å². The number of rotatable bonds is 3. The maximum atomic E-state index is 5.21. The molecule has 1 saturated carbocycles. The van der Waals surface area contributed by atoms with Crippen LogP contribution in [0.15, 0.2) is 0 Å². The van der Waals surface area contributed by atoms with Crippen LogP contribution in [0.2, 0.25) is 0 Å². The molecule has 0 aliphatic heterocycles. The molecule has 0 radical (unpaired) electrons. The van der Waals surface area contributed by atoms with E-state index in [1.807, 2.05) is 14.0 Å². The van der Waals surface area contributed by atoms with Gasteiger partial charge in [-0.1, -0.05) is 0 Å². The van der Waals surface area contributed by atoms with E-state index in [-0.39, 0.29) is 0 Å². The molecule has 0 bridgehead atoms. The van der Waals surface area contributed by atoms with Crippen molar-refractivity contribution in [1.82, 2.24) is 9.97 Å². The Bertz CT molecular complexity index is 322. The average molecular weight is 193 g/mol. The molecule has 1 aromatic heterocycles. The summed E-state index contributed by atoms with van der Waals surface area (Å²) in [5.41, 5.74) is 0.972. The number of hydrogen-bond donors (Lipinski definition) is 1. The molecule has 1 fully saturated rings. The minimum atomic E-state index is 0.552. The standard InChI is InChI=1S/C10H15N3O/c1-6-8(11-2)12-9(7-4-5-7)13-10(6)14-3/h7H,4-5H2,1-3H3,(H,11,12,13). The minimum Gasteiger partial charge on any atom is -0.481 e. The summed E-state index contributed by atoms with van der Waals surface area (Å²) in [7, 11) is 3.51. The fraction of sp³-hybridized carbons (Fsp3) is 0.600. The van der Waals surface area contributed by atoms with Crippen molar-refractivity contribution in [2.45, 2.75) is 25.7 Å². The number of hydrogen-bond acceptors (Lipinski definition) is 4. The van der Waals surface area contributed by atoms with Gasteiger partial charge in [0.2, 0.25) is 5.88 Å². The molecule has 0 atom stereocenters. The summed E-state index contributed by atoms with van der Waals surface area (Å²) >= 11 is 0. The largest absolute Gasteiger partial charge is 0.481 e. The molecular formula is C10H15N3O. The second-order valence-electron chi connectivity index (χ2n) is 3.59. The van der Waals surface area contributed by atoms with Crippen molar-refractivity contribution in [3.05, 3.63) is 11.4 Å². The lowest BCUT2D eigenvalue weighted by Gasteiger charge is -2.10. The summed E-state index contributed by atoms with van der Waals surface area (Å²) in [4.78, 5) is 8.85. The number of aromatic nitrogens is 2. The van der Waals surface area contributed by atoms with Gasteiger partial charge in [0.25, 0.3) is 0 Å². The number of anilines is 1. The summed E-state index contributed by atoms with van der Waals surface area (Å²) in [6, 6.07) is 0. The third-order valence-electron chi connectivity index (χ3n) is 2.49. The Labute approximate surface area is 83.7 Å². The highest BCUT2D eigenvalue weighted by molar-refractivity contribution is 5.48. The summed E-state index contributed by atoms with van der Waals surface area (Å²) in [6.45, 7) is 1.96. The lowest BCUT2D eigenvalue weighted by molar-refractivity contribution is 0.391. The second kappa shape index (κ2) is 3.44. The zero-order chi connectivity index (χ0) is 10.1. The highest BCUT2D eigenvalue weighted by atomic mass is 16.5. The van der Waals surface area contributed by atoms with E-state index in [0.717, 1.165) is 17.2 Å². The molecule has 1 aromatic rings. The molecule has 0 spiro atoms. The van der Waals surface area contributed by atoms with Crippen LogP contribution in [-0.2, 0) is 0 Å². The molecule has 4 nitrogen and oxygen atoms in total. The maximum absolute atomic E-state index is 5.21. The van der Waals surface area contributed by atoms with Gasteiger partial charge in [-0.05, 0) is 19.8 Å². The number of ether oxygens (including phenoxy) is 1. The molecule has 2 rings (SSSR count). The van der Waals surface area contributed by atoms with E-state index in [2.05, 4.69) is 15.3 Å². The van der Waals surface area contributed by atoms with Crippen LogP contribution in [0, 0.1) is 6.92 Å². The van der Waals surface area contributed by atoms with E-state index in [1.54, 1.807) is 7.11 Å². The Morgan fingerprint density at radius 1 is 1.36 bits per heavy atom. The van der Waals surface area contributed by atoms with Gasteiger partial charge in [-0.3, -0.25) is 0 Å². The lowest BCUT2D eigenvalue weighted by Crippen LogP contribution is -2.04. The van der Waals surface area contributed by atoms with Crippen molar-refractivity contribution in [2.24, 2.45) is 0 Å². The quantitative estimate of drug-likeness (QED) is 0.793. The van der Waals surface area contributed by atoms with E-state index >= 15 is 0 Å². The average Bonchev–Trinajstić information content (AvgIpc) is 3.02. The molecule has 0 unspecified atom stereocenters. The Morgan fingerprint density at radius 2 is 2.07 bits per heavy atom. The molecule has 76 valence electrons. The third kappa shape index (κ3) is 1.52. The van der Waals surface area contributed by atoms with Gasteiger partial charge in [0.1, 0.15) is 11.6 Å². The van der Waals surface area contributed by atoms with Crippen LogP contribution in [0.25, 0.3) is 0 Å². The fourth-order valence-electron chi connectivity index (χ4n) is 1.48. The molecule has 14 heavy (non-hydrogen) atoms. The van der Waals surface area contributed by atoms with Crippen LogP contribution in [0.1, 0.15) is 30.1 Å².